The number of pyridine rings is 2. The first-order valence-corrected chi connectivity index (χ1v) is 6.57. The average Bonchev–Trinajstić information content (AvgIpc) is 3.28. The van der Waals surface area contributed by atoms with Crippen molar-refractivity contribution in [3.05, 3.63) is 35.5 Å². The number of aromatic nitrogens is 2. The van der Waals surface area contributed by atoms with Crippen molar-refractivity contribution in [2.75, 3.05) is 12.8 Å². The minimum Gasteiger partial charge on any atom is -0.493 e. The fourth-order valence-electron chi connectivity index (χ4n) is 2.30. The maximum atomic E-state index is 14.3. The summed E-state index contributed by atoms with van der Waals surface area (Å²) in [4.78, 5) is 8.63. The van der Waals surface area contributed by atoms with Crippen LogP contribution < -0.4 is 10.5 Å². The largest absolute Gasteiger partial charge is 0.493 e. The predicted molar refractivity (Wildman–Crippen MR) is 75.1 cm³/mol. The number of nitrogen functional groups attached to an aromatic ring is 1. The molecule has 20 heavy (non-hydrogen) atoms. The third-order valence-corrected chi connectivity index (χ3v) is 3.56. The SMILES string of the molecule is COc1c(C)nc(-c2ccc(C3CC3)nc2)c(F)c1N. The molecule has 0 spiro atoms. The minimum absolute atomic E-state index is 0.0127. The molecule has 2 N–H and O–H groups in total. The average molecular weight is 273 g/mol. The zero-order valence-corrected chi connectivity index (χ0v) is 11.5. The molecule has 0 bridgehead atoms. The number of methoxy groups -OCH3 is 1. The Morgan fingerprint density at radius 3 is 2.65 bits per heavy atom. The molecule has 1 fully saturated rings. The van der Waals surface area contributed by atoms with Gasteiger partial charge in [0.2, 0.25) is 0 Å². The maximum absolute atomic E-state index is 14.3. The van der Waals surface area contributed by atoms with Crippen LogP contribution in [-0.2, 0) is 0 Å². The van der Waals surface area contributed by atoms with Crippen molar-refractivity contribution in [2.24, 2.45) is 0 Å². The van der Waals surface area contributed by atoms with Gasteiger partial charge in [-0.1, -0.05) is 0 Å². The topological polar surface area (TPSA) is 61.0 Å². The third kappa shape index (κ3) is 2.09. The number of hydrogen-bond donors (Lipinski definition) is 1. The lowest BCUT2D eigenvalue weighted by atomic mass is 10.1. The summed E-state index contributed by atoms with van der Waals surface area (Å²) in [6, 6.07) is 3.78. The van der Waals surface area contributed by atoms with Gasteiger partial charge in [0.05, 0.1) is 12.8 Å². The quantitative estimate of drug-likeness (QED) is 0.933. The van der Waals surface area contributed by atoms with Gasteiger partial charge in [-0.05, 0) is 31.9 Å². The first-order chi connectivity index (χ1) is 9.61. The van der Waals surface area contributed by atoms with Crippen LogP contribution in [0.1, 0.15) is 30.1 Å². The predicted octanol–water partition coefficient (Wildman–Crippen LogP) is 3.06. The normalized spacial score (nSPS) is 14.3. The van der Waals surface area contributed by atoms with Gasteiger partial charge in [0.1, 0.15) is 11.4 Å². The summed E-state index contributed by atoms with van der Waals surface area (Å²) in [7, 11) is 1.45. The standard InChI is InChI=1S/C15H16FN3O/c1-8-15(20-2)13(17)12(16)14(19-8)10-5-6-11(18-7-10)9-3-4-9/h5-7,9H,3-4H2,1-2H3,(H2,17,19). The zero-order valence-electron chi connectivity index (χ0n) is 11.5. The Bertz CT molecular complexity index is 651. The van der Waals surface area contributed by atoms with E-state index in [-0.39, 0.29) is 17.1 Å². The van der Waals surface area contributed by atoms with Crippen molar-refractivity contribution >= 4 is 5.69 Å². The van der Waals surface area contributed by atoms with Crippen LogP contribution in [0.15, 0.2) is 18.3 Å². The summed E-state index contributed by atoms with van der Waals surface area (Å²) in [6.07, 6.45) is 4.03. The number of nitrogens with zero attached hydrogens (tertiary/aromatic N) is 2. The van der Waals surface area contributed by atoms with Gasteiger partial charge in [0.25, 0.3) is 0 Å². The van der Waals surface area contributed by atoms with E-state index in [2.05, 4.69) is 9.97 Å². The summed E-state index contributed by atoms with van der Waals surface area (Å²) in [5.41, 5.74) is 8.22. The Hall–Kier alpha value is -2.17. The second-order valence-corrected chi connectivity index (χ2v) is 5.05. The van der Waals surface area contributed by atoms with E-state index < -0.39 is 5.82 Å². The smallest absolute Gasteiger partial charge is 0.176 e. The van der Waals surface area contributed by atoms with Crippen LogP contribution in [0.4, 0.5) is 10.1 Å². The van der Waals surface area contributed by atoms with E-state index >= 15 is 0 Å². The molecule has 4 nitrogen and oxygen atoms in total. The van der Waals surface area contributed by atoms with E-state index in [0.717, 1.165) is 5.69 Å². The van der Waals surface area contributed by atoms with E-state index in [1.165, 1.54) is 20.0 Å². The molecule has 1 aliphatic rings. The molecule has 0 atom stereocenters. The van der Waals surface area contributed by atoms with Gasteiger partial charge in [0, 0.05) is 23.4 Å². The number of nitrogens with two attached hydrogens (primary N) is 1. The summed E-state index contributed by atoms with van der Waals surface area (Å²) in [6.45, 7) is 1.74. The van der Waals surface area contributed by atoms with Crippen molar-refractivity contribution in [3.8, 4) is 17.0 Å². The van der Waals surface area contributed by atoms with Gasteiger partial charge in [0.15, 0.2) is 11.6 Å². The highest BCUT2D eigenvalue weighted by Crippen LogP contribution is 2.39. The van der Waals surface area contributed by atoms with Crippen molar-refractivity contribution in [2.45, 2.75) is 25.7 Å². The number of aryl methyl sites for hydroxylation is 1. The molecule has 5 heteroatoms. The van der Waals surface area contributed by atoms with Gasteiger partial charge in [-0.15, -0.1) is 0 Å². The van der Waals surface area contributed by atoms with Crippen LogP contribution in [0.3, 0.4) is 0 Å². The third-order valence-electron chi connectivity index (χ3n) is 3.56. The Morgan fingerprint density at radius 2 is 2.10 bits per heavy atom. The first-order valence-electron chi connectivity index (χ1n) is 6.57. The summed E-state index contributed by atoms with van der Waals surface area (Å²) >= 11 is 0. The Kier molecular flexibility index (Phi) is 3.04. The molecule has 104 valence electrons. The molecule has 0 unspecified atom stereocenters. The fraction of sp³-hybridized carbons (Fsp3) is 0.333. The number of hydrogen-bond acceptors (Lipinski definition) is 4. The minimum atomic E-state index is -0.562. The highest BCUT2D eigenvalue weighted by molar-refractivity contribution is 5.69. The Morgan fingerprint density at radius 1 is 1.35 bits per heavy atom. The summed E-state index contributed by atoms with van der Waals surface area (Å²) in [5, 5.41) is 0. The van der Waals surface area contributed by atoms with Crippen LogP contribution in [0.5, 0.6) is 5.75 Å². The molecule has 2 heterocycles. The lowest BCUT2D eigenvalue weighted by Gasteiger charge is -2.12. The first kappa shape index (κ1) is 12.8. The van der Waals surface area contributed by atoms with Crippen molar-refractivity contribution in [1.29, 1.82) is 0 Å². The highest BCUT2D eigenvalue weighted by Gasteiger charge is 2.25. The number of anilines is 1. The molecule has 0 aliphatic heterocycles. The fourth-order valence-corrected chi connectivity index (χ4v) is 2.30. The molecule has 0 aromatic carbocycles. The number of halogens is 1. The van der Waals surface area contributed by atoms with Crippen LogP contribution in [0, 0.1) is 12.7 Å². The van der Waals surface area contributed by atoms with Crippen molar-refractivity contribution in [1.82, 2.24) is 9.97 Å². The van der Waals surface area contributed by atoms with Crippen LogP contribution in [0.25, 0.3) is 11.3 Å². The van der Waals surface area contributed by atoms with Gasteiger partial charge in [-0.25, -0.2) is 9.37 Å². The molecule has 0 saturated heterocycles. The lowest BCUT2D eigenvalue weighted by molar-refractivity contribution is 0.408. The van der Waals surface area contributed by atoms with Crippen LogP contribution >= 0.6 is 0 Å². The van der Waals surface area contributed by atoms with E-state index in [4.69, 9.17) is 10.5 Å². The van der Waals surface area contributed by atoms with Gasteiger partial charge < -0.3 is 10.5 Å². The molecule has 2 aromatic rings. The second-order valence-electron chi connectivity index (χ2n) is 5.05. The Labute approximate surface area is 116 Å². The molecule has 2 aromatic heterocycles. The molecule has 0 radical (unpaired) electrons. The van der Waals surface area contributed by atoms with E-state index in [1.54, 1.807) is 13.1 Å². The van der Waals surface area contributed by atoms with Gasteiger partial charge in [-0.3, -0.25) is 4.98 Å². The van der Waals surface area contributed by atoms with Crippen LogP contribution in [-0.4, -0.2) is 17.1 Å². The molecule has 3 rings (SSSR count). The van der Waals surface area contributed by atoms with Gasteiger partial charge >= 0.3 is 0 Å². The van der Waals surface area contributed by atoms with E-state index in [9.17, 15) is 4.39 Å². The summed E-state index contributed by atoms with van der Waals surface area (Å²) in [5.74, 6) is 0.298. The summed E-state index contributed by atoms with van der Waals surface area (Å²) < 4.78 is 19.4. The molecule has 1 aliphatic carbocycles. The van der Waals surface area contributed by atoms with Crippen molar-refractivity contribution < 1.29 is 9.13 Å². The van der Waals surface area contributed by atoms with E-state index in [0.29, 0.717) is 17.2 Å². The second kappa shape index (κ2) is 4.74. The molecular formula is C15H16FN3O. The van der Waals surface area contributed by atoms with Gasteiger partial charge in [-0.2, -0.15) is 0 Å². The van der Waals surface area contributed by atoms with Crippen LogP contribution in [0.2, 0.25) is 0 Å². The molecule has 1 saturated carbocycles. The maximum Gasteiger partial charge on any atom is 0.176 e. The number of ether oxygens (including phenoxy) is 1. The zero-order chi connectivity index (χ0) is 14.3. The van der Waals surface area contributed by atoms with Crippen molar-refractivity contribution in [3.63, 3.8) is 0 Å². The lowest BCUT2D eigenvalue weighted by Crippen LogP contribution is -2.04. The number of rotatable bonds is 3. The van der Waals surface area contributed by atoms with E-state index in [1.807, 2.05) is 12.1 Å². The Balaban J connectivity index is 2.04. The molecular weight excluding hydrogens is 257 g/mol. The highest BCUT2D eigenvalue weighted by atomic mass is 19.1. The monoisotopic (exact) mass is 273 g/mol. The molecule has 0 amide bonds.